The molecule has 0 aromatic carbocycles. The molecule has 0 radical (unpaired) electrons. The largest absolute Gasteiger partial charge is 0.393 e. The predicted octanol–water partition coefficient (Wildman–Crippen LogP) is 3.74. The Labute approximate surface area is 113 Å². The van der Waals surface area contributed by atoms with Crippen molar-refractivity contribution >= 4 is 0 Å². The molecule has 0 heterocycles. The number of aliphatic hydroxyl groups excluding tert-OH is 1. The number of unbranched alkanes of at least 4 members (excludes halogenated alkanes) is 4. The maximum Gasteiger partial charge on any atom is 0.162 e. The van der Waals surface area contributed by atoms with E-state index in [9.17, 15) is 5.11 Å². The molecule has 2 atom stereocenters. The van der Waals surface area contributed by atoms with Crippen LogP contribution < -0.4 is 0 Å². The van der Waals surface area contributed by atoms with Crippen molar-refractivity contribution in [2.45, 2.75) is 77.6 Å². The fourth-order valence-electron chi connectivity index (χ4n) is 2.40. The average Bonchev–Trinajstić information content (AvgIpc) is 2.38. The molecule has 0 aliphatic heterocycles. The first-order chi connectivity index (χ1) is 8.71. The molecular weight excluding hydrogens is 228 g/mol. The van der Waals surface area contributed by atoms with Crippen LogP contribution in [0.2, 0.25) is 0 Å². The van der Waals surface area contributed by atoms with Crippen molar-refractivity contribution < 1.29 is 14.6 Å². The van der Waals surface area contributed by atoms with Gasteiger partial charge in [-0.2, -0.15) is 0 Å². The summed E-state index contributed by atoms with van der Waals surface area (Å²) in [6.07, 6.45) is 8.24. The molecule has 0 spiro atoms. The van der Waals surface area contributed by atoms with Crippen LogP contribution in [0.15, 0.2) is 0 Å². The highest BCUT2D eigenvalue weighted by Crippen LogP contribution is 2.24. The second kappa shape index (κ2) is 11.9. The van der Waals surface area contributed by atoms with Crippen LogP contribution in [0, 0.1) is 5.92 Å². The Morgan fingerprint density at radius 2 is 1.33 bits per heavy atom. The fourth-order valence-corrected chi connectivity index (χ4v) is 2.40. The quantitative estimate of drug-likeness (QED) is 0.429. The van der Waals surface area contributed by atoms with Crippen LogP contribution in [0.1, 0.15) is 65.2 Å². The van der Waals surface area contributed by atoms with Gasteiger partial charge in [-0.3, -0.25) is 0 Å². The minimum atomic E-state index is -0.307. The minimum Gasteiger partial charge on any atom is -0.393 e. The van der Waals surface area contributed by atoms with Crippen molar-refractivity contribution in [3.8, 4) is 0 Å². The van der Waals surface area contributed by atoms with E-state index in [-0.39, 0.29) is 18.3 Å². The van der Waals surface area contributed by atoms with Crippen LogP contribution in [0.25, 0.3) is 0 Å². The molecule has 0 fully saturated rings. The molecule has 0 unspecified atom stereocenters. The van der Waals surface area contributed by atoms with E-state index in [0.717, 1.165) is 25.7 Å². The third-order valence-corrected chi connectivity index (χ3v) is 3.55. The molecule has 0 aromatic heterocycles. The van der Waals surface area contributed by atoms with Crippen molar-refractivity contribution in [1.29, 1.82) is 0 Å². The van der Waals surface area contributed by atoms with Crippen LogP contribution in [-0.2, 0) is 9.47 Å². The molecule has 3 nitrogen and oxygen atoms in total. The van der Waals surface area contributed by atoms with Gasteiger partial charge in [-0.05, 0) is 12.8 Å². The molecule has 0 amide bonds. The van der Waals surface area contributed by atoms with Crippen LogP contribution in [0.3, 0.4) is 0 Å². The van der Waals surface area contributed by atoms with Gasteiger partial charge in [0.2, 0.25) is 0 Å². The Hall–Kier alpha value is -0.120. The summed E-state index contributed by atoms with van der Waals surface area (Å²) in [5.74, 6) is 0.100. The summed E-state index contributed by atoms with van der Waals surface area (Å²) >= 11 is 0. The summed E-state index contributed by atoms with van der Waals surface area (Å²) in [6, 6.07) is 0. The Morgan fingerprint density at radius 3 is 1.78 bits per heavy atom. The number of rotatable bonds is 12. The van der Waals surface area contributed by atoms with E-state index in [2.05, 4.69) is 13.8 Å². The molecule has 0 saturated carbocycles. The second-order valence-corrected chi connectivity index (χ2v) is 5.06. The van der Waals surface area contributed by atoms with Gasteiger partial charge in [0.15, 0.2) is 6.29 Å². The molecule has 0 saturated heterocycles. The van der Waals surface area contributed by atoms with E-state index in [1.54, 1.807) is 14.2 Å². The van der Waals surface area contributed by atoms with E-state index in [0.29, 0.717) is 0 Å². The standard InChI is InChI=1S/C15H32O3/c1-5-7-9-11-13(15(17-3)18-4)14(16)12-10-8-6-2/h13-16H,5-12H2,1-4H3/t13-,14+/m1/s1. The van der Waals surface area contributed by atoms with Crippen molar-refractivity contribution in [3.05, 3.63) is 0 Å². The SMILES string of the molecule is CCCCC[C@H](O)[C@@H](CCCCC)C(OC)OC. The van der Waals surface area contributed by atoms with Crippen LogP contribution in [0.5, 0.6) is 0 Å². The highest BCUT2D eigenvalue weighted by atomic mass is 16.7. The highest BCUT2D eigenvalue weighted by Gasteiger charge is 2.27. The van der Waals surface area contributed by atoms with Gasteiger partial charge < -0.3 is 14.6 Å². The molecular formula is C15H32O3. The highest BCUT2D eigenvalue weighted by molar-refractivity contribution is 4.72. The zero-order chi connectivity index (χ0) is 13.8. The van der Waals surface area contributed by atoms with Gasteiger partial charge in [0.1, 0.15) is 0 Å². The fraction of sp³-hybridized carbons (Fsp3) is 1.00. The van der Waals surface area contributed by atoms with Crippen molar-refractivity contribution in [3.63, 3.8) is 0 Å². The maximum atomic E-state index is 10.3. The number of aliphatic hydroxyl groups is 1. The third kappa shape index (κ3) is 7.34. The number of ether oxygens (including phenoxy) is 2. The van der Waals surface area contributed by atoms with Crippen LogP contribution >= 0.6 is 0 Å². The maximum absolute atomic E-state index is 10.3. The molecule has 3 heteroatoms. The van der Waals surface area contributed by atoms with Gasteiger partial charge in [-0.15, -0.1) is 0 Å². The summed E-state index contributed by atoms with van der Waals surface area (Å²) in [5, 5.41) is 10.3. The number of hydrogen-bond donors (Lipinski definition) is 1. The molecule has 0 rings (SSSR count). The lowest BCUT2D eigenvalue weighted by Gasteiger charge is -2.29. The smallest absolute Gasteiger partial charge is 0.162 e. The topological polar surface area (TPSA) is 38.7 Å². The second-order valence-electron chi connectivity index (χ2n) is 5.06. The molecule has 0 bridgehead atoms. The first-order valence-corrected chi connectivity index (χ1v) is 7.44. The van der Waals surface area contributed by atoms with Crippen LogP contribution in [0.4, 0.5) is 0 Å². The molecule has 110 valence electrons. The van der Waals surface area contributed by atoms with Gasteiger partial charge >= 0.3 is 0 Å². The van der Waals surface area contributed by atoms with E-state index in [1.807, 2.05) is 0 Å². The monoisotopic (exact) mass is 260 g/mol. The molecule has 1 N–H and O–H groups in total. The van der Waals surface area contributed by atoms with E-state index < -0.39 is 0 Å². The van der Waals surface area contributed by atoms with E-state index in [1.165, 1.54) is 25.7 Å². The zero-order valence-corrected chi connectivity index (χ0v) is 12.7. The Balaban J connectivity index is 4.23. The van der Waals surface area contributed by atoms with Gasteiger partial charge in [0, 0.05) is 20.1 Å². The van der Waals surface area contributed by atoms with E-state index >= 15 is 0 Å². The lowest BCUT2D eigenvalue weighted by molar-refractivity contribution is -0.163. The number of hydrogen-bond acceptors (Lipinski definition) is 3. The lowest BCUT2D eigenvalue weighted by Crippen LogP contribution is -2.34. The molecule has 0 aliphatic carbocycles. The summed E-state index contributed by atoms with van der Waals surface area (Å²) in [6.45, 7) is 4.37. The van der Waals surface area contributed by atoms with E-state index in [4.69, 9.17) is 9.47 Å². The summed E-state index contributed by atoms with van der Waals surface area (Å²) < 4.78 is 10.7. The Morgan fingerprint density at radius 1 is 0.833 bits per heavy atom. The van der Waals surface area contributed by atoms with Crippen molar-refractivity contribution in [1.82, 2.24) is 0 Å². The first-order valence-electron chi connectivity index (χ1n) is 7.44. The summed E-state index contributed by atoms with van der Waals surface area (Å²) in [7, 11) is 3.31. The summed E-state index contributed by atoms with van der Waals surface area (Å²) in [5.41, 5.74) is 0. The Kier molecular flexibility index (Phi) is 11.9. The Bertz CT molecular complexity index is 169. The average molecular weight is 260 g/mol. The predicted molar refractivity (Wildman–Crippen MR) is 75.6 cm³/mol. The van der Waals surface area contributed by atoms with Crippen molar-refractivity contribution in [2.24, 2.45) is 5.92 Å². The normalized spacial score (nSPS) is 15.0. The van der Waals surface area contributed by atoms with Gasteiger partial charge in [0.05, 0.1) is 6.10 Å². The summed E-state index contributed by atoms with van der Waals surface area (Å²) in [4.78, 5) is 0. The lowest BCUT2D eigenvalue weighted by atomic mass is 9.91. The van der Waals surface area contributed by atoms with Gasteiger partial charge in [-0.25, -0.2) is 0 Å². The molecule has 0 aromatic rings. The third-order valence-electron chi connectivity index (χ3n) is 3.55. The number of methoxy groups -OCH3 is 2. The minimum absolute atomic E-state index is 0.100. The van der Waals surface area contributed by atoms with Gasteiger partial charge in [-0.1, -0.05) is 52.4 Å². The molecule has 18 heavy (non-hydrogen) atoms. The first kappa shape index (κ1) is 17.9. The van der Waals surface area contributed by atoms with Crippen LogP contribution in [-0.4, -0.2) is 31.7 Å². The molecule has 0 aliphatic rings. The van der Waals surface area contributed by atoms with Gasteiger partial charge in [0.25, 0.3) is 0 Å². The zero-order valence-electron chi connectivity index (χ0n) is 12.7. The van der Waals surface area contributed by atoms with Crippen molar-refractivity contribution in [2.75, 3.05) is 14.2 Å².